The first-order valence-electron chi connectivity index (χ1n) is 7.66. The Labute approximate surface area is 134 Å². The van der Waals surface area contributed by atoms with E-state index in [0.717, 1.165) is 40.7 Å². The monoisotopic (exact) mass is 313 g/mol. The van der Waals surface area contributed by atoms with Crippen molar-refractivity contribution in [1.29, 1.82) is 5.26 Å². The summed E-state index contributed by atoms with van der Waals surface area (Å²) in [7, 11) is 0. The molecule has 2 aromatic rings. The lowest BCUT2D eigenvalue weighted by Crippen LogP contribution is -2.08. The molecule has 1 N–H and O–H groups in total. The van der Waals surface area contributed by atoms with E-state index in [1.165, 1.54) is 5.56 Å². The van der Waals surface area contributed by atoms with E-state index >= 15 is 0 Å². The Hall–Kier alpha value is -2.00. The van der Waals surface area contributed by atoms with Crippen molar-refractivity contribution in [3.63, 3.8) is 0 Å². The number of hydrogen-bond acceptors (Lipinski definition) is 6. The smallest absolute Gasteiger partial charge is 0.133 e. The average Bonchev–Trinajstić information content (AvgIpc) is 3.12. The topological polar surface area (TPSA) is 74.5 Å². The van der Waals surface area contributed by atoms with Crippen LogP contribution in [0.3, 0.4) is 0 Å². The Morgan fingerprint density at radius 3 is 3.09 bits per heavy atom. The van der Waals surface area contributed by atoms with Crippen LogP contribution in [0.4, 0.5) is 5.82 Å². The second kappa shape index (κ2) is 6.41. The van der Waals surface area contributed by atoms with E-state index in [-0.39, 0.29) is 5.92 Å². The van der Waals surface area contributed by atoms with Crippen molar-refractivity contribution in [2.75, 3.05) is 5.32 Å². The summed E-state index contributed by atoms with van der Waals surface area (Å²) in [5.74, 6) is 1.18. The molecule has 0 saturated heterocycles. The molecule has 22 heavy (non-hydrogen) atoms. The molecule has 0 spiro atoms. The largest absolute Gasteiger partial charge is 0.367 e. The van der Waals surface area contributed by atoms with Gasteiger partial charge in [-0.3, -0.25) is 0 Å². The number of aromatic nitrogens is 3. The maximum absolute atomic E-state index is 9.00. The molecule has 114 valence electrons. The number of rotatable bonds is 5. The van der Waals surface area contributed by atoms with E-state index in [2.05, 4.69) is 40.2 Å². The third kappa shape index (κ3) is 2.81. The van der Waals surface area contributed by atoms with Gasteiger partial charge in [0.15, 0.2) is 0 Å². The summed E-state index contributed by atoms with van der Waals surface area (Å²) < 4.78 is 0. The van der Waals surface area contributed by atoms with Crippen LogP contribution in [0, 0.1) is 11.3 Å². The van der Waals surface area contributed by atoms with Crippen molar-refractivity contribution in [2.45, 2.75) is 51.5 Å². The van der Waals surface area contributed by atoms with Crippen LogP contribution < -0.4 is 5.32 Å². The van der Waals surface area contributed by atoms with E-state index in [1.807, 2.05) is 6.20 Å². The first kappa shape index (κ1) is 14.9. The number of nitrogens with one attached hydrogen (secondary N) is 1. The van der Waals surface area contributed by atoms with E-state index in [9.17, 15) is 0 Å². The molecule has 1 unspecified atom stereocenters. The van der Waals surface area contributed by atoms with E-state index in [4.69, 9.17) is 5.26 Å². The van der Waals surface area contributed by atoms with E-state index < -0.39 is 0 Å². The SMILES string of the molecule is CCC[C@@H](CC#N)c1ncc(-c2ncnc3c2CC(C)N3)s1. The first-order chi connectivity index (χ1) is 10.7. The van der Waals surface area contributed by atoms with Crippen molar-refractivity contribution < 1.29 is 0 Å². The maximum atomic E-state index is 9.00. The highest BCUT2D eigenvalue weighted by Crippen LogP contribution is 2.37. The molecule has 0 aliphatic carbocycles. The molecule has 0 fully saturated rings. The van der Waals surface area contributed by atoms with Crippen LogP contribution in [0.2, 0.25) is 0 Å². The number of anilines is 1. The van der Waals surface area contributed by atoms with Crippen molar-refractivity contribution in [3.8, 4) is 16.6 Å². The van der Waals surface area contributed by atoms with Gasteiger partial charge in [0, 0.05) is 30.1 Å². The number of nitrogens with zero attached hydrogens (tertiary/aromatic N) is 4. The summed E-state index contributed by atoms with van der Waals surface area (Å²) in [6.45, 7) is 4.29. The van der Waals surface area contributed by atoms with E-state index in [0.29, 0.717) is 12.5 Å². The second-order valence-electron chi connectivity index (χ2n) is 5.71. The third-order valence-electron chi connectivity index (χ3n) is 3.92. The Morgan fingerprint density at radius 2 is 2.32 bits per heavy atom. The van der Waals surface area contributed by atoms with Crippen molar-refractivity contribution >= 4 is 17.2 Å². The molecule has 0 amide bonds. The maximum Gasteiger partial charge on any atom is 0.133 e. The first-order valence-corrected chi connectivity index (χ1v) is 8.48. The fourth-order valence-corrected chi connectivity index (χ4v) is 3.97. The average molecular weight is 313 g/mol. The summed E-state index contributed by atoms with van der Waals surface area (Å²) in [6.07, 6.45) is 7.03. The summed E-state index contributed by atoms with van der Waals surface area (Å²) in [6, 6.07) is 2.67. The highest BCUT2D eigenvalue weighted by atomic mass is 32.1. The van der Waals surface area contributed by atoms with Gasteiger partial charge in [-0.05, 0) is 19.8 Å². The molecule has 2 aromatic heterocycles. The highest BCUT2D eigenvalue weighted by Gasteiger charge is 2.24. The number of fused-ring (bicyclic) bond motifs is 1. The van der Waals surface area contributed by atoms with Crippen LogP contribution in [-0.4, -0.2) is 21.0 Å². The molecule has 1 aliphatic heterocycles. The predicted molar refractivity (Wildman–Crippen MR) is 87.8 cm³/mol. The molecule has 0 saturated carbocycles. The fraction of sp³-hybridized carbons (Fsp3) is 0.500. The zero-order chi connectivity index (χ0) is 15.5. The zero-order valence-corrected chi connectivity index (χ0v) is 13.7. The Balaban J connectivity index is 1.92. The summed E-state index contributed by atoms with van der Waals surface area (Å²) >= 11 is 1.66. The van der Waals surface area contributed by atoms with Gasteiger partial charge in [-0.1, -0.05) is 13.3 Å². The van der Waals surface area contributed by atoms with Crippen LogP contribution in [0.25, 0.3) is 10.6 Å². The summed E-state index contributed by atoms with van der Waals surface area (Å²) in [4.78, 5) is 14.4. The molecule has 6 heteroatoms. The minimum atomic E-state index is 0.237. The van der Waals surface area contributed by atoms with Gasteiger partial charge in [0.2, 0.25) is 0 Å². The van der Waals surface area contributed by atoms with Crippen LogP contribution in [-0.2, 0) is 6.42 Å². The highest BCUT2D eigenvalue weighted by molar-refractivity contribution is 7.15. The molecule has 2 atom stereocenters. The molecule has 5 nitrogen and oxygen atoms in total. The Morgan fingerprint density at radius 1 is 1.45 bits per heavy atom. The van der Waals surface area contributed by atoms with Gasteiger partial charge in [-0.2, -0.15) is 5.26 Å². The second-order valence-corrected chi connectivity index (χ2v) is 6.77. The summed E-state index contributed by atoms with van der Waals surface area (Å²) in [5, 5.41) is 13.4. The van der Waals surface area contributed by atoms with Crippen molar-refractivity contribution in [1.82, 2.24) is 15.0 Å². The van der Waals surface area contributed by atoms with E-state index in [1.54, 1.807) is 17.7 Å². The molecule has 3 rings (SSSR count). The van der Waals surface area contributed by atoms with Gasteiger partial charge in [-0.15, -0.1) is 11.3 Å². The van der Waals surface area contributed by atoms with Crippen molar-refractivity contribution in [2.24, 2.45) is 0 Å². The molecule has 0 bridgehead atoms. The van der Waals surface area contributed by atoms with Crippen molar-refractivity contribution in [3.05, 3.63) is 23.1 Å². The minimum Gasteiger partial charge on any atom is -0.367 e. The van der Waals surface area contributed by atoms with Gasteiger partial charge >= 0.3 is 0 Å². The predicted octanol–water partition coefficient (Wildman–Crippen LogP) is 3.75. The lowest BCUT2D eigenvalue weighted by atomic mass is 10.0. The standard InChI is InChI=1S/C16H19N5S/c1-3-4-11(5-6-17)16-18-8-13(22-16)14-12-7-10(2)21-15(12)20-9-19-14/h8-11H,3-5,7H2,1-2H3,(H,19,20,21)/t10?,11-/m0/s1. The summed E-state index contributed by atoms with van der Waals surface area (Å²) in [5.41, 5.74) is 2.16. The van der Waals surface area contributed by atoms with Crippen LogP contribution in [0.5, 0.6) is 0 Å². The minimum absolute atomic E-state index is 0.237. The van der Waals surface area contributed by atoms with Gasteiger partial charge in [-0.25, -0.2) is 15.0 Å². The lowest BCUT2D eigenvalue weighted by Gasteiger charge is -2.08. The number of hydrogen-bond donors (Lipinski definition) is 1. The van der Waals surface area contributed by atoms with Gasteiger partial charge in [0.05, 0.1) is 21.6 Å². The molecule has 0 aromatic carbocycles. The Bertz CT molecular complexity index is 703. The van der Waals surface area contributed by atoms with Crippen LogP contribution >= 0.6 is 11.3 Å². The lowest BCUT2D eigenvalue weighted by molar-refractivity contribution is 0.622. The van der Waals surface area contributed by atoms with Crippen LogP contribution in [0.15, 0.2) is 12.5 Å². The van der Waals surface area contributed by atoms with Gasteiger partial charge in [0.25, 0.3) is 0 Å². The number of nitriles is 1. The molecule has 0 radical (unpaired) electrons. The van der Waals surface area contributed by atoms with Gasteiger partial charge < -0.3 is 5.32 Å². The molecule has 3 heterocycles. The Kier molecular flexibility index (Phi) is 4.34. The van der Waals surface area contributed by atoms with Gasteiger partial charge in [0.1, 0.15) is 12.1 Å². The molecular formula is C16H19N5S. The number of thiazole rings is 1. The molecule has 1 aliphatic rings. The van der Waals surface area contributed by atoms with Crippen LogP contribution in [0.1, 0.15) is 49.6 Å². The molecular weight excluding hydrogens is 294 g/mol. The quantitative estimate of drug-likeness (QED) is 0.909. The normalized spacial score (nSPS) is 17.6. The fourth-order valence-electron chi connectivity index (χ4n) is 2.89. The zero-order valence-electron chi connectivity index (χ0n) is 12.8. The third-order valence-corrected chi connectivity index (χ3v) is 5.09.